The van der Waals surface area contributed by atoms with Gasteiger partial charge in [0.25, 0.3) is 11.6 Å². The van der Waals surface area contributed by atoms with Crippen LogP contribution in [-0.2, 0) is 11.3 Å². The number of ether oxygens (including phenoxy) is 1. The Morgan fingerprint density at radius 1 is 1.37 bits per heavy atom. The highest BCUT2D eigenvalue weighted by Gasteiger charge is 2.12. The number of thiazole rings is 1. The van der Waals surface area contributed by atoms with Crippen LogP contribution in [0, 0.1) is 29.4 Å². The molecular formula is C19H15N3O4S. The molecule has 3 aromatic rings. The third kappa shape index (κ3) is 4.22. The van der Waals surface area contributed by atoms with Crippen LogP contribution in [0.15, 0.2) is 47.5 Å². The van der Waals surface area contributed by atoms with E-state index in [4.69, 9.17) is 11.2 Å². The van der Waals surface area contributed by atoms with Crippen LogP contribution in [0.3, 0.4) is 0 Å². The lowest BCUT2D eigenvalue weighted by atomic mass is 10.2. The molecule has 0 N–H and O–H groups in total. The fraction of sp³-hybridized carbons (Fsp3) is 0.158. The lowest BCUT2D eigenvalue weighted by Crippen LogP contribution is -2.19. The summed E-state index contributed by atoms with van der Waals surface area (Å²) in [6, 6.07) is 11.8. The molecule has 0 fully saturated rings. The molecule has 1 aromatic heterocycles. The summed E-state index contributed by atoms with van der Waals surface area (Å²) in [4.78, 5) is 27.2. The number of nitrogens with zero attached hydrogens (tertiary/aromatic N) is 3. The largest absolute Gasteiger partial charge is 0.484 e. The molecule has 0 unspecified atom stereocenters. The average molecular weight is 381 g/mol. The minimum atomic E-state index is -0.470. The number of non-ortho nitro benzene ring substituents is 1. The Morgan fingerprint density at radius 2 is 2.19 bits per heavy atom. The third-order valence-corrected chi connectivity index (χ3v) is 4.74. The van der Waals surface area contributed by atoms with Gasteiger partial charge in [0.1, 0.15) is 5.75 Å². The van der Waals surface area contributed by atoms with Crippen molar-refractivity contribution in [3.05, 3.63) is 62.9 Å². The van der Waals surface area contributed by atoms with E-state index >= 15 is 0 Å². The number of carbonyl (C=O) groups is 1. The number of terminal acetylenes is 1. The lowest BCUT2D eigenvalue weighted by molar-refractivity contribution is -0.384. The second-order valence-electron chi connectivity index (χ2n) is 5.69. The van der Waals surface area contributed by atoms with E-state index in [9.17, 15) is 14.9 Å². The molecule has 27 heavy (non-hydrogen) atoms. The SMILES string of the molecule is C#CCn1c(=NC(=O)COc2cccc(C)c2)sc2cc([N+](=O)[O-])ccc21. The Balaban J connectivity index is 1.91. The summed E-state index contributed by atoms with van der Waals surface area (Å²) >= 11 is 1.17. The summed E-state index contributed by atoms with van der Waals surface area (Å²) in [6.45, 7) is 1.91. The Labute approximate surface area is 158 Å². The monoisotopic (exact) mass is 381 g/mol. The zero-order chi connectivity index (χ0) is 19.4. The van der Waals surface area contributed by atoms with Gasteiger partial charge in [-0.05, 0) is 30.7 Å². The van der Waals surface area contributed by atoms with Crippen LogP contribution in [0.1, 0.15) is 5.56 Å². The number of nitro benzene ring substituents is 1. The normalized spacial score (nSPS) is 11.3. The van der Waals surface area contributed by atoms with Crippen molar-refractivity contribution in [2.24, 2.45) is 4.99 Å². The van der Waals surface area contributed by atoms with E-state index in [1.807, 2.05) is 25.1 Å². The van der Waals surface area contributed by atoms with Gasteiger partial charge in [-0.3, -0.25) is 14.9 Å². The van der Waals surface area contributed by atoms with Gasteiger partial charge in [0.2, 0.25) is 0 Å². The van der Waals surface area contributed by atoms with Gasteiger partial charge in [-0.2, -0.15) is 4.99 Å². The Bertz CT molecular complexity index is 1140. The Morgan fingerprint density at radius 3 is 2.89 bits per heavy atom. The zero-order valence-corrected chi connectivity index (χ0v) is 15.2. The van der Waals surface area contributed by atoms with Crippen LogP contribution in [-0.4, -0.2) is 22.0 Å². The van der Waals surface area contributed by atoms with Crippen molar-refractivity contribution in [3.8, 4) is 18.1 Å². The van der Waals surface area contributed by atoms with Gasteiger partial charge < -0.3 is 9.30 Å². The van der Waals surface area contributed by atoms with Crippen molar-refractivity contribution in [1.82, 2.24) is 4.57 Å². The number of benzene rings is 2. The van der Waals surface area contributed by atoms with E-state index in [0.29, 0.717) is 20.8 Å². The van der Waals surface area contributed by atoms with Gasteiger partial charge in [0.05, 0.1) is 21.7 Å². The number of carbonyl (C=O) groups excluding carboxylic acids is 1. The molecule has 0 saturated carbocycles. The van der Waals surface area contributed by atoms with Gasteiger partial charge in [0.15, 0.2) is 11.4 Å². The molecule has 8 heteroatoms. The van der Waals surface area contributed by atoms with Gasteiger partial charge >= 0.3 is 0 Å². The molecule has 0 aliphatic rings. The minimum absolute atomic E-state index is 0.0303. The second-order valence-corrected chi connectivity index (χ2v) is 6.70. The van der Waals surface area contributed by atoms with Crippen LogP contribution in [0.4, 0.5) is 5.69 Å². The standard InChI is InChI=1S/C19H15N3O4S/c1-3-9-21-16-8-7-14(22(24)25)11-17(16)27-19(21)20-18(23)12-26-15-6-4-5-13(2)10-15/h1,4-8,10-11H,9,12H2,2H3. The summed E-state index contributed by atoms with van der Waals surface area (Å²) in [5.41, 5.74) is 1.68. The van der Waals surface area contributed by atoms with E-state index in [-0.39, 0.29) is 18.8 Å². The van der Waals surface area contributed by atoms with E-state index in [1.165, 1.54) is 23.5 Å². The Kier molecular flexibility index (Phi) is 5.33. The van der Waals surface area contributed by atoms with E-state index < -0.39 is 10.8 Å². The molecule has 2 aromatic carbocycles. The van der Waals surface area contributed by atoms with Gasteiger partial charge in [0, 0.05) is 12.1 Å². The van der Waals surface area contributed by atoms with Gasteiger partial charge in [-0.1, -0.05) is 29.4 Å². The van der Waals surface area contributed by atoms with Crippen LogP contribution in [0.2, 0.25) is 0 Å². The number of fused-ring (bicyclic) bond motifs is 1. The molecule has 0 aliphatic carbocycles. The maximum Gasteiger partial charge on any atom is 0.286 e. The molecule has 0 bridgehead atoms. The summed E-state index contributed by atoms with van der Waals surface area (Å²) in [6.07, 6.45) is 5.41. The fourth-order valence-electron chi connectivity index (χ4n) is 2.49. The number of aromatic nitrogens is 1. The highest BCUT2D eigenvalue weighted by Crippen LogP contribution is 2.23. The number of hydrogen-bond donors (Lipinski definition) is 0. The zero-order valence-electron chi connectivity index (χ0n) is 14.4. The Hall–Kier alpha value is -3.44. The summed E-state index contributed by atoms with van der Waals surface area (Å²) in [5.74, 6) is 2.63. The van der Waals surface area contributed by atoms with Crippen molar-refractivity contribution >= 4 is 33.1 Å². The molecule has 3 rings (SSSR count). The summed E-state index contributed by atoms with van der Waals surface area (Å²) in [5, 5.41) is 11.0. The van der Waals surface area contributed by atoms with Crippen molar-refractivity contribution in [2.45, 2.75) is 13.5 Å². The van der Waals surface area contributed by atoms with Crippen molar-refractivity contribution in [3.63, 3.8) is 0 Å². The second kappa shape index (κ2) is 7.85. The van der Waals surface area contributed by atoms with E-state index in [1.54, 1.807) is 16.7 Å². The minimum Gasteiger partial charge on any atom is -0.484 e. The molecule has 0 radical (unpaired) electrons. The van der Waals surface area contributed by atoms with Crippen LogP contribution < -0.4 is 9.54 Å². The van der Waals surface area contributed by atoms with Crippen molar-refractivity contribution < 1.29 is 14.5 Å². The van der Waals surface area contributed by atoms with Gasteiger partial charge in [-0.15, -0.1) is 6.42 Å². The molecule has 1 amide bonds. The highest BCUT2D eigenvalue weighted by molar-refractivity contribution is 7.16. The fourth-order valence-corrected chi connectivity index (χ4v) is 3.57. The highest BCUT2D eigenvalue weighted by atomic mass is 32.1. The quantitative estimate of drug-likeness (QED) is 0.386. The maximum absolute atomic E-state index is 12.2. The van der Waals surface area contributed by atoms with Crippen LogP contribution in [0.5, 0.6) is 5.75 Å². The molecule has 0 spiro atoms. The van der Waals surface area contributed by atoms with Crippen LogP contribution >= 0.6 is 11.3 Å². The van der Waals surface area contributed by atoms with Gasteiger partial charge in [-0.25, -0.2) is 0 Å². The number of nitro groups is 1. The first-order valence-corrected chi connectivity index (χ1v) is 8.78. The predicted molar refractivity (Wildman–Crippen MR) is 103 cm³/mol. The first-order valence-electron chi connectivity index (χ1n) is 7.96. The third-order valence-electron chi connectivity index (χ3n) is 3.70. The van der Waals surface area contributed by atoms with E-state index in [0.717, 1.165) is 5.56 Å². The number of rotatable bonds is 5. The number of aryl methyl sites for hydroxylation is 1. The number of amides is 1. The van der Waals surface area contributed by atoms with Crippen molar-refractivity contribution in [1.29, 1.82) is 0 Å². The summed E-state index contributed by atoms with van der Waals surface area (Å²) < 4.78 is 7.77. The van der Waals surface area contributed by atoms with E-state index in [2.05, 4.69) is 10.9 Å². The average Bonchev–Trinajstić information content (AvgIpc) is 2.97. The topological polar surface area (TPSA) is 86.7 Å². The lowest BCUT2D eigenvalue weighted by Gasteiger charge is -2.04. The smallest absolute Gasteiger partial charge is 0.286 e. The first-order chi connectivity index (χ1) is 13.0. The first kappa shape index (κ1) is 18.4. The summed E-state index contributed by atoms with van der Waals surface area (Å²) in [7, 11) is 0. The van der Waals surface area contributed by atoms with Crippen LogP contribution in [0.25, 0.3) is 10.2 Å². The molecular weight excluding hydrogens is 366 g/mol. The molecule has 0 saturated heterocycles. The molecule has 0 aliphatic heterocycles. The number of hydrogen-bond acceptors (Lipinski definition) is 5. The van der Waals surface area contributed by atoms with Crippen molar-refractivity contribution in [2.75, 3.05) is 6.61 Å². The molecule has 1 heterocycles. The molecule has 136 valence electrons. The maximum atomic E-state index is 12.2. The molecule has 7 nitrogen and oxygen atoms in total. The molecule has 0 atom stereocenters. The predicted octanol–water partition coefficient (Wildman–Crippen LogP) is 3.06.